The van der Waals surface area contributed by atoms with Crippen LogP contribution in [0.2, 0.25) is 0 Å². The minimum Gasteiger partial charge on any atom is -0.496 e. The Bertz CT molecular complexity index is 1610. The lowest BCUT2D eigenvalue weighted by Gasteiger charge is -2.13. The molecular weight excluding hydrogens is 584 g/mol. The third-order valence-electron chi connectivity index (χ3n) is 5.50. The first kappa shape index (κ1) is 30.8. The zero-order chi connectivity index (χ0) is 30.3. The molecule has 16 heteroatoms. The van der Waals surface area contributed by atoms with Gasteiger partial charge in [0.25, 0.3) is 11.4 Å². The molecule has 0 aliphatic rings. The molecule has 3 rings (SSSR count). The van der Waals surface area contributed by atoms with Crippen LogP contribution in [-0.4, -0.2) is 50.9 Å². The molecule has 0 saturated heterocycles. The van der Waals surface area contributed by atoms with Gasteiger partial charge in [-0.25, -0.2) is 0 Å². The highest BCUT2D eigenvalue weighted by atomic mass is 32.2. The maximum Gasteiger partial charge on any atom is 0.346 e. The zero-order valence-corrected chi connectivity index (χ0v) is 23.7. The molecule has 1 atom stereocenters. The molecule has 0 radical (unpaired) electrons. The number of nitro groups is 2. The van der Waals surface area contributed by atoms with E-state index in [-0.39, 0.29) is 17.3 Å². The number of nitro benzene ring substituents is 2. The van der Waals surface area contributed by atoms with Crippen molar-refractivity contribution in [1.29, 1.82) is 0 Å². The van der Waals surface area contributed by atoms with Gasteiger partial charge >= 0.3 is 10.1 Å². The monoisotopic (exact) mass is 608 g/mol. The van der Waals surface area contributed by atoms with Gasteiger partial charge in [-0.15, -0.1) is 0 Å². The van der Waals surface area contributed by atoms with Crippen molar-refractivity contribution in [2.24, 2.45) is 0 Å². The molecule has 0 bridgehead atoms. The summed E-state index contributed by atoms with van der Waals surface area (Å²) in [4.78, 5) is 19.6. The van der Waals surface area contributed by atoms with Gasteiger partial charge in [0.2, 0.25) is 0 Å². The average Bonchev–Trinajstić information content (AvgIpc) is 2.95. The van der Waals surface area contributed by atoms with Crippen molar-refractivity contribution in [1.82, 2.24) is 0 Å². The molecule has 0 aromatic heterocycles. The fraction of sp³-hybridized carbons (Fsp3) is 0.200. The second-order valence-corrected chi connectivity index (χ2v) is 10.8. The van der Waals surface area contributed by atoms with Crippen LogP contribution < -0.4 is 23.1 Å². The first-order valence-electron chi connectivity index (χ1n) is 11.3. The van der Waals surface area contributed by atoms with Gasteiger partial charge in [-0.1, -0.05) is 6.07 Å². The normalized spacial score (nSPS) is 12.0. The van der Waals surface area contributed by atoms with Crippen molar-refractivity contribution in [3.05, 3.63) is 85.3 Å². The molecule has 0 amide bonds. The summed E-state index contributed by atoms with van der Waals surface area (Å²) < 4.78 is 65.1. The fourth-order valence-electron chi connectivity index (χ4n) is 3.57. The molecule has 14 nitrogen and oxygen atoms in total. The maximum absolute atomic E-state index is 13.0. The third kappa shape index (κ3) is 7.29. The van der Waals surface area contributed by atoms with E-state index in [1.165, 1.54) is 52.0 Å². The topological polar surface area (TPSA) is 184 Å². The minimum atomic E-state index is -4.85. The summed E-state index contributed by atoms with van der Waals surface area (Å²) in [6.07, 6.45) is 1.55. The number of ether oxygens (including phenoxy) is 4. The smallest absolute Gasteiger partial charge is 0.346 e. The van der Waals surface area contributed by atoms with E-state index < -0.39 is 47.0 Å². The SMILES string of the molecule is COc1cc(OC)c(C=CS(=O)Cc2ccc(OC)c(OS(=O)(=O)c3ccc([N+](=O)[O-])cc3[N+](=O)[O-])c2)c(OC)c1. The highest BCUT2D eigenvalue weighted by Gasteiger charge is 2.31. The summed E-state index contributed by atoms with van der Waals surface area (Å²) in [7, 11) is -0.805. The quantitative estimate of drug-likeness (QED) is 0.153. The van der Waals surface area contributed by atoms with Crippen LogP contribution in [0.4, 0.5) is 11.4 Å². The predicted molar refractivity (Wildman–Crippen MR) is 148 cm³/mol. The van der Waals surface area contributed by atoms with Gasteiger partial charge in [-0.05, 0) is 29.8 Å². The number of hydrogen-bond acceptors (Lipinski definition) is 12. The Kier molecular flexibility index (Phi) is 9.85. The molecule has 1 unspecified atom stereocenters. The summed E-state index contributed by atoms with van der Waals surface area (Å²) in [5, 5.41) is 23.8. The molecule has 41 heavy (non-hydrogen) atoms. The molecule has 3 aromatic carbocycles. The molecule has 0 saturated carbocycles. The molecule has 218 valence electrons. The van der Waals surface area contributed by atoms with E-state index in [1.54, 1.807) is 18.2 Å². The molecule has 0 fully saturated rings. The Balaban J connectivity index is 1.90. The fourth-order valence-corrected chi connectivity index (χ4v) is 5.54. The Hall–Kier alpha value is -4.70. The lowest BCUT2D eigenvalue weighted by atomic mass is 10.1. The molecule has 0 aliphatic heterocycles. The number of rotatable bonds is 13. The Labute approximate surface area is 236 Å². The minimum absolute atomic E-state index is 0.0316. The highest BCUT2D eigenvalue weighted by Crippen LogP contribution is 2.36. The van der Waals surface area contributed by atoms with Gasteiger partial charge < -0.3 is 23.1 Å². The highest BCUT2D eigenvalue weighted by molar-refractivity contribution is 7.87. The van der Waals surface area contributed by atoms with Gasteiger partial charge in [0.15, 0.2) is 16.4 Å². The lowest BCUT2D eigenvalue weighted by Crippen LogP contribution is -2.13. The van der Waals surface area contributed by atoms with Gasteiger partial charge in [0.1, 0.15) is 17.2 Å². The van der Waals surface area contributed by atoms with E-state index in [0.717, 1.165) is 6.07 Å². The van der Waals surface area contributed by atoms with Crippen LogP contribution in [0.1, 0.15) is 11.1 Å². The van der Waals surface area contributed by atoms with Gasteiger partial charge in [-0.2, -0.15) is 8.42 Å². The van der Waals surface area contributed by atoms with Crippen molar-refractivity contribution in [3.8, 4) is 28.7 Å². The van der Waals surface area contributed by atoms with Crippen LogP contribution >= 0.6 is 0 Å². The first-order valence-corrected chi connectivity index (χ1v) is 14.1. The summed E-state index contributed by atoms with van der Waals surface area (Å²) >= 11 is 0. The standard InChI is InChI=1S/C25H24N2O12S2/c1-35-18-13-22(37-3)19(23(14-18)38-4)9-10-40(32)15-16-5-7-21(36-2)24(11-16)39-41(33,34)25-8-6-17(26(28)29)12-20(25)27(30)31/h5-14H,15H2,1-4H3. The van der Waals surface area contributed by atoms with E-state index in [0.29, 0.717) is 40.5 Å². The second-order valence-electron chi connectivity index (χ2n) is 7.96. The average molecular weight is 609 g/mol. The van der Waals surface area contributed by atoms with E-state index in [1.807, 2.05) is 0 Å². The van der Waals surface area contributed by atoms with Gasteiger partial charge in [0, 0.05) is 23.6 Å². The van der Waals surface area contributed by atoms with Gasteiger partial charge in [-0.3, -0.25) is 24.4 Å². The van der Waals surface area contributed by atoms with Crippen LogP contribution in [0, 0.1) is 20.2 Å². The van der Waals surface area contributed by atoms with Crippen LogP contribution in [0.25, 0.3) is 6.08 Å². The lowest BCUT2D eigenvalue weighted by molar-refractivity contribution is -0.396. The molecule has 0 heterocycles. The van der Waals surface area contributed by atoms with Crippen molar-refractivity contribution >= 4 is 38.4 Å². The number of benzene rings is 3. The number of methoxy groups -OCH3 is 4. The maximum atomic E-state index is 13.0. The molecule has 0 spiro atoms. The van der Waals surface area contributed by atoms with E-state index in [2.05, 4.69) is 0 Å². The van der Waals surface area contributed by atoms with Crippen molar-refractivity contribution in [3.63, 3.8) is 0 Å². The summed E-state index contributed by atoms with van der Waals surface area (Å²) in [5.41, 5.74) is -0.815. The van der Waals surface area contributed by atoms with Crippen molar-refractivity contribution in [2.75, 3.05) is 28.4 Å². The van der Waals surface area contributed by atoms with E-state index in [4.69, 9.17) is 23.1 Å². The molecular formula is C25H24N2O12S2. The second kappa shape index (κ2) is 13.1. The molecule has 0 N–H and O–H groups in total. The number of hydrogen-bond donors (Lipinski definition) is 0. The van der Waals surface area contributed by atoms with Crippen LogP contribution in [0.5, 0.6) is 28.7 Å². The predicted octanol–water partition coefficient (Wildman–Crippen LogP) is 4.22. The van der Waals surface area contributed by atoms with Crippen molar-refractivity contribution < 1.29 is 45.6 Å². The first-order chi connectivity index (χ1) is 19.4. The van der Waals surface area contributed by atoms with Crippen LogP contribution in [-0.2, 0) is 26.7 Å². The Morgan fingerprint density at radius 3 is 1.98 bits per heavy atom. The van der Waals surface area contributed by atoms with Crippen LogP contribution in [0.3, 0.4) is 0 Å². The van der Waals surface area contributed by atoms with Gasteiger partial charge in [0.05, 0.1) is 66.5 Å². The number of non-ortho nitro benzene ring substituents is 1. The summed E-state index contributed by atoms with van der Waals surface area (Å²) in [5.74, 6) is 0.889. The summed E-state index contributed by atoms with van der Waals surface area (Å²) in [6.45, 7) is 0. The van der Waals surface area contributed by atoms with Crippen LogP contribution in [0.15, 0.2) is 58.8 Å². The molecule has 3 aromatic rings. The van der Waals surface area contributed by atoms with E-state index >= 15 is 0 Å². The van der Waals surface area contributed by atoms with Crippen molar-refractivity contribution in [2.45, 2.75) is 10.6 Å². The Morgan fingerprint density at radius 2 is 1.44 bits per heavy atom. The third-order valence-corrected chi connectivity index (χ3v) is 7.84. The largest absolute Gasteiger partial charge is 0.496 e. The Morgan fingerprint density at radius 1 is 0.805 bits per heavy atom. The molecule has 0 aliphatic carbocycles. The summed E-state index contributed by atoms with van der Waals surface area (Å²) in [6, 6.07) is 9.47. The van der Waals surface area contributed by atoms with E-state index in [9.17, 15) is 32.9 Å². The number of nitrogens with zero attached hydrogens (tertiary/aromatic N) is 2. The zero-order valence-electron chi connectivity index (χ0n) is 22.1.